The Labute approximate surface area is 136 Å². The zero-order chi connectivity index (χ0) is 17.3. The van der Waals surface area contributed by atoms with Crippen molar-refractivity contribution in [1.82, 2.24) is 24.9 Å². The van der Waals surface area contributed by atoms with Gasteiger partial charge in [0.25, 0.3) is 11.7 Å². The molecule has 1 N–H and O–H groups in total. The molecule has 0 saturated heterocycles. The lowest BCUT2D eigenvalue weighted by Gasteiger charge is -2.09. The van der Waals surface area contributed by atoms with Gasteiger partial charge in [0.15, 0.2) is 5.78 Å². The maximum atomic E-state index is 13.3. The Morgan fingerprint density at radius 3 is 2.79 bits per heavy atom. The summed E-state index contributed by atoms with van der Waals surface area (Å²) >= 11 is 0. The molecule has 0 aliphatic carbocycles. The van der Waals surface area contributed by atoms with Crippen molar-refractivity contribution in [2.24, 2.45) is 0 Å². The fraction of sp³-hybridized carbons (Fsp3) is 0.188. The molecule has 0 radical (unpaired) electrons. The summed E-state index contributed by atoms with van der Waals surface area (Å²) in [6.07, 6.45) is 1.35. The number of hydrogen-bond acceptors (Lipinski definition) is 5. The van der Waals surface area contributed by atoms with Crippen molar-refractivity contribution >= 4 is 17.5 Å². The normalized spacial score (nSPS) is 10.8. The van der Waals surface area contributed by atoms with Crippen molar-refractivity contribution in [3.05, 3.63) is 58.9 Å². The van der Waals surface area contributed by atoms with Crippen LogP contribution in [0.15, 0.2) is 30.6 Å². The summed E-state index contributed by atoms with van der Waals surface area (Å²) in [5.41, 5.74) is 1.61. The first-order valence-electron chi connectivity index (χ1n) is 7.20. The lowest BCUT2D eigenvalue weighted by Crippen LogP contribution is -2.25. The Balaban J connectivity index is 1.86. The molecule has 24 heavy (non-hydrogen) atoms. The van der Waals surface area contributed by atoms with Crippen LogP contribution in [-0.4, -0.2) is 31.3 Å². The molecule has 3 aromatic rings. The zero-order valence-corrected chi connectivity index (χ0v) is 13.1. The van der Waals surface area contributed by atoms with Gasteiger partial charge >= 0.3 is 0 Å². The molecule has 1 amide bonds. The van der Waals surface area contributed by atoms with E-state index in [0.717, 1.165) is 5.56 Å². The Bertz CT molecular complexity index is 951. The molecule has 2 heterocycles. The second-order valence-corrected chi connectivity index (χ2v) is 5.35. The van der Waals surface area contributed by atoms with Crippen LogP contribution in [0.2, 0.25) is 0 Å². The molecule has 0 atom stereocenters. The number of Topliss-reactive ketones (excluding diaryl/α,β-unsaturated/α-hetero) is 1. The number of hydrogen-bond donors (Lipinski definition) is 1. The predicted molar refractivity (Wildman–Crippen MR) is 83.1 cm³/mol. The van der Waals surface area contributed by atoms with Crippen LogP contribution >= 0.6 is 0 Å². The van der Waals surface area contributed by atoms with Crippen LogP contribution in [-0.2, 0) is 6.54 Å². The van der Waals surface area contributed by atoms with Gasteiger partial charge in [0.1, 0.15) is 23.5 Å². The molecule has 122 valence electrons. The monoisotopic (exact) mass is 327 g/mol. The van der Waals surface area contributed by atoms with Crippen LogP contribution in [0.1, 0.15) is 39.0 Å². The lowest BCUT2D eigenvalue weighted by atomic mass is 10.1. The standard InChI is InChI=1S/C16H14FN5O2/c1-9-5-11(3-4-12(9)17)7-18-15(24)14-6-13(10(2)23)20-16-21-19-8-22(14)16/h3-6,8H,7H2,1-2H3,(H,18,24). The third-order valence-corrected chi connectivity index (χ3v) is 3.55. The van der Waals surface area contributed by atoms with Crippen LogP contribution in [0.4, 0.5) is 4.39 Å². The van der Waals surface area contributed by atoms with E-state index >= 15 is 0 Å². The SMILES string of the molecule is CC(=O)c1cc(C(=O)NCc2ccc(F)c(C)c2)n2cnnc2n1. The number of ketones is 1. The molecule has 0 bridgehead atoms. The molecule has 2 aromatic heterocycles. The zero-order valence-electron chi connectivity index (χ0n) is 13.1. The number of benzene rings is 1. The molecule has 0 spiro atoms. The minimum absolute atomic E-state index is 0.137. The van der Waals surface area contributed by atoms with Crippen molar-refractivity contribution in [3.8, 4) is 0 Å². The second-order valence-electron chi connectivity index (χ2n) is 5.35. The summed E-state index contributed by atoms with van der Waals surface area (Å²) in [5.74, 6) is -0.808. The fourth-order valence-corrected chi connectivity index (χ4v) is 2.26. The predicted octanol–water partition coefficient (Wildman–Crippen LogP) is 1.70. The average Bonchev–Trinajstić information content (AvgIpc) is 3.03. The molecule has 0 saturated carbocycles. The molecule has 0 aliphatic heterocycles. The number of aromatic nitrogens is 4. The van der Waals surface area contributed by atoms with E-state index in [1.54, 1.807) is 19.1 Å². The van der Waals surface area contributed by atoms with Gasteiger partial charge < -0.3 is 5.32 Å². The summed E-state index contributed by atoms with van der Waals surface area (Å²) in [6.45, 7) is 3.24. The largest absolute Gasteiger partial charge is 0.347 e. The van der Waals surface area contributed by atoms with E-state index in [9.17, 15) is 14.0 Å². The van der Waals surface area contributed by atoms with Gasteiger partial charge in [-0.1, -0.05) is 12.1 Å². The van der Waals surface area contributed by atoms with Gasteiger partial charge in [-0.15, -0.1) is 10.2 Å². The summed E-state index contributed by atoms with van der Waals surface area (Å²) in [6, 6.07) is 6.01. The number of nitrogens with zero attached hydrogens (tertiary/aromatic N) is 4. The van der Waals surface area contributed by atoms with Gasteiger partial charge in [0.05, 0.1) is 0 Å². The highest BCUT2D eigenvalue weighted by molar-refractivity contribution is 5.98. The minimum Gasteiger partial charge on any atom is -0.347 e. The Morgan fingerprint density at radius 1 is 1.29 bits per heavy atom. The molecule has 0 unspecified atom stereocenters. The van der Waals surface area contributed by atoms with Crippen molar-refractivity contribution in [2.75, 3.05) is 0 Å². The number of nitrogens with one attached hydrogen (secondary N) is 1. The maximum Gasteiger partial charge on any atom is 0.268 e. The van der Waals surface area contributed by atoms with Crippen molar-refractivity contribution in [1.29, 1.82) is 0 Å². The quantitative estimate of drug-likeness (QED) is 0.737. The first-order chi connectivity index (χ1) is 11.5. The Kier molecular flexibility index (Phi) is 4.03. The Hall–Kier alpha value is -3.16. The molecular formula is C16H14FN5O2. The van der Waals surface area contributed by atoms with E-state index in [1.165, 1.54) is 29.8 Å². The topological polar surface area (TPSA) is 89.2 Å². The van der Waals surface area contributed by atoms with E-state index in [4.69, 9.17) is 0 Å². The molecule has 8 heteroatoms. The Morgan fingerprint density at radius 2 is 2.08 bits per heavy atom. The number of amides is 1. The number of carbonyl (C=O) groups excluding carboxylic acids is 2. The number of aryl methyl sites for hydroxylation is 1. The third-order valence-electron chi connectivity index (χ3n) is 3.55. The van der Waals surface area contributed by atoms with Crippen molar-refractivity contribution < 1.29 is 14.0 Å². The van der Waals surface area contributed by atoms with Gasteiger partial charge in [-0.3, -0.25) is 14.0 Å². The van der Waals surface area contributed by atoms with Crippen LogP contribution < -0.4 is 5.32 Å². The summed E-state index contributed by atoms with van der Waals surface area (Å²) < 4.78 is 14.7. The van der Waals surface area contributed by atoms with E-state index in [1.807, 2.05) is 0 Å². The van der Waals surface area contributed by atoms with Gasteiger partial charge in [-0.2, -0.15) is 0 Å². The van der Waals surface area contributed by atoms with Gasteiger partial charge in [0.2, 0.25) is 0 Å². The molecule has 0 aliphatic rings. The number of carbonyl (C=O) groups is 2. The molecule has 7 nitrogen and oxygen atoms in total. The molecular weight excluding hydrogens is 313 g/mol. The van der Waals surface area contributed by atoms with Gasteiger partial charge in [0, 0.05) is 13.5 Å². The first-order valence-corrected chi connectivity index (χ1v) is 7.20. The smallest absolute Gasteiger partial charge is 0.268 e. The highest BCUT2D eigenvalue weighted by Gasteiger charge is 2.16. The second kappa shape index (κ2) is 6.15. The fourth-order valence-electron chi connectivity index (χ4n) is 2.26. The summed E-state index contributed by atoms with van der Waals surface area (Å²) in [4.78, 5) is 28.0. The van der Waals surface area contributed by atoms with Gasteiger partial charge in [-0.05, 0) is 30.2 Å². The van der Waals surface area contributed by atoms with Crippen LogP contribution in [0, 0.1) is 12.7 Å². The number of halogens is 1. The third kappa shape index (κ3) is 2.98. The first kappa shape index (κ1) is 15.7. The van der Waals surface area contributed by atoms with Crippen molar-refractivity contribution in [2.45, 2.75) is 20.4 Å². The summed E-state index contributed by atoms with van der Waals surface area (Å²) in [7, 11) is 0. The molecule has 3 rings (SSSR count). The number of rotatable bonds is 4. The highest BCUT2D eigenvalue weighted by atomic mass is 19.1. The van der Waals surface area contributed by atoms with E-state index < -0.39 is 5.91 Å². The summed E-state index contributed by atoms with van der Waals surface area (Å²) in [5, 5.41) is 10.2. The average molecular weight is 327 g/mol. The van der Waals surface area contributed by atoms with Crippen LogP contribution in [0.5, 0.6) is 0 Å². The van der Waals surface area contributed by atoms with Crippen LogP contribution in [0.3, 0.4) is 0 Å². The maximum absolute atomic E-state index is 13.3. The highest BCUT2D eigenvalue weighted by Crippen LogP contribution is 2.10. The van der Waals surface area contributed by atoms with E-state index in [2.05, 4.69) is 20.5 Å². The minimum atomic E-state index is -0.410. The molecule has 0 fully saturated rings. The van der Waals surface area contributed by atoms with Crippen LogP contribution in [0.25, 0.3) is 5.78 Å². The lowest BCUT2D eigenvalue weighted by molar-refractivity contribution is 0.0944. The molecule has 1 aromatic carbocycles. The van der Waals surface area contributed by atoms with E-state index in [-0.39, 0.29) is 35.3 Å². The van der Waals surface area contributed by atoms with Crippen molar-refractivity contribution in [3.63, 3.8) is 0 Å². The number of fused-ring (bicyclic) bond motifs is 1. The van der Waals surface area contributed by atoms with E-state index in [0.29, 0.717) is 5.56 Å². The van der Waals surface area contributed by atoms with Gasteiger partial charge in [-0.25, -0.2) is 9.37 Å².